The van der Waals surface area contributed by atoms with E-state index in [9.17, 15) is 4.79 Å². The van der Waals surface area contributed by atoms with E-state index < -0.39 is 6.04 Å². The van der Waals surface area contributed by atoms with E-state index in [1.165, 1.54) is 0 Å². The first-order valence-electron chi connectivity index (χ1n) is 3.31. The summed E-state index contributed by atoms with van der Waals surface area (Å²) in [5, 5.41) is 19.5. The summed E-state index contributed by atoms with van der Waals surface area (Å²) in [6.45, 7) is -0.519. The first-order chi connectivity index (χ1) is 5.24. The van der Waals surface area contributed by atoms with Crippen molar-refractivity contribution in [1.82, 2.24) is 5.32 Å². The molecule has 5 heteroatoms. The standard InChI is InChI=1S/C6H12ClNO3/c7-2-1-6(11)8-5(3-9)4-10/h5,9-10H,1-4H2,(H,8,11). The summed E-state index contributed by atoms with van der Waals surface area (Å²) in [7, 11) is 0. The van der Waals surface area contributed by atoms with Crippen LogP contribution >= 0.6 is 11.6 Å². The van der Waals surface area contributed by atoms with Crippen LogP contribution in [0, 0.1) is 0 Å². The van der Waals surface area contributed by atoms with Crippen molar-refractivity contribution in [3.05, 3.63) is 0 Å². The molecule has 1 amide bonds. The van der Waals surface area contributed by atoms with Gasteiger partial charge in [-0.1, -0.05) is 0 Å². The third-order valence-electron chi connectivity index (χ3n) is 1.13. The largest absolute Gasteiger partial charge is 0.394 e. The molecule has 0 aliphatic carbocycles. The maximum Gasteiger partial charge on any atom is 0.221 e. The van der Waals surface area contributed by atoms with Gasteiger partial charge in [0.1, 0.15) is 0 Å². The van der Waals surface area contributed by atoms with Crippen LogP contribution in [0.4, 0.5) is 0 Å². The fraction of sp³-hybridized carbons (Fsp3) is 0.833. The van der Waals surface area contributed by atoms with Crippen LogP contribution in [0.1, 0.15) is 6.42 Å². The van der Waals surface area contributed by atoms with Gasteiger partial charge in [-0.25, -0.2) is 0 Å². The van der Waals surface area contributed by atoms with Crippen LogP contribution < -0.4 is 5.32 Å². The summed E-state index contributed by atoms with van der Waals surface area (Å²) in [5.41, 5.74) is 0. The molecule has 0 aliphatic heterocycles. The molecule has 0 atom stereocenters. The minimum absolute atomic E-state index is 0.206. The van der Waals surface area contributed by atoms with E-state index in [0.717, 1.165) is 0 Å². The number of carbonyl (C=O) groups is 1. The predicted octanol–water partition coefficient (Wildman–Crippen LogP) is -0.915. The number of aliphatic hydroxyl groups is 2. The fourth-order valence-electron chi connectivity index (χ4n) is 0.535. The van der Waals surface area contributed by atoms with Gasteiger partial charge >= 0.3 is 0 Å². The first-order valence-corrected chi connectivity index (χ1v) is 3.85. The first kappa shape index (κ1) is 10.7. The summed E-state index contributed by atoms with van der Waals surface area (Å²) < 4.78 is 0. The minimum Gasteiger partial charge on any atom is -0.394 e. The highest BCUT2D eigenvalue weighted by molar-refractivity contribution is 6.18. The molecule has 0 aliphatic rings. The number of carbonyl (C=O) groups excluding carboxylic acids is 1. The van der Waals surface area contributed by atoms with Crippen molar-refractivity contribution in [2.45, 2.75) is 12.5 Å². The Balaban J connectivity index is 3.54. The van der Waals surface area contributed by atoms with Crippen LogP contribution in [0.2, 0.25) is 0 Å². The molecule has 4 nitrogen and oxygen atoms in total. The van der Waals surface area contributed by atoms with Gasteiger partial charge < -0.3 is 15.5 Å². The summed E-state index contributed by atoms with van der Waals surface area (Å²) in [6, 6.07) is -0.564. The second-order valence-electron chi connectivity index (χ2n) is 2.07. The topological polar surface area (TPSA) is 69.6 Å². The molecular weight excluding hydrogens is 170 g/mol. The molecule has 0 saturated heterocycles. The van der Waals surface area contributed by atoms with Gasteiger partial charge in [0.2, 0.25) is 5.91 Å². The van der Waals surface area contributed by atoms with Crippen molar-refractivity contribution in [1.29, 1.82) is 0 Å². The summed E-state index contributed by atoms with van der Waals surface area (Å²) >= 11 is 5.28. The van der Waals surface area contributed by atoms with Crippen LogP contribution in [-0.4, -0.2) is 41.3 Å². The lowest BCUT2D eigenvalue weighted by Crippen LogP contribution is -2.40. The lowest BCUT2D eigenvalue weighted by Gasteiger charge is -2.11. The number of halogens is 1. The Labute approximate surface area is 70.2 Å². The Morgan fingerprint density at radius 1 is 1.45 bits per heavy atom. The molecule has 0 spiro atoms. The average Bonchev–Trinajstić information content (AvgIpc) is 2.01. The molecule has 0 aromatic rings. The van der Waals surface area contributed by atoms with Gasteiger partial charge in [-0.3, -0.25) is 4.79 Å². The average molecular weight is 182 g/mol. The third-order valence-corrected chi connectivity index (χ3v) is 1.32. The van der Waals surface area contributed by atoms with E-state index in [2.05, 4.69) is 5.32 Å². The van der Waals surface area contributed by atoms with Gasteiger partial charge in [0, 0.05) is 12.3 Å². The zero-order chi connectivity index (χ0) is 8.69. The highest BCUT2D eigenvalue weighted by Gasteiger charge is 2.08. The van der Waals surface area contributed by atoms with E-state index in [0.29, 0.717) is 0 Å². The molecular formula is C6H12ClNO3. The second-order valence-corrected chi connectivity index (χ2v) is 2.45. The normalized spacial score (nSPS) is 10.2. The minimum atomic E-state index is -0.564. The van der Waals surface area contributed by atoms with Gasteiger partial charge in [0.05, 0.1) is 19.3 Å². The lowest BCUT2D eigenvalue weighted by atomic mass is 10.3. The number of nitrogens with one attached hydrogen (secondary N) is 1. The van der Waals surface area contributed by atoms with E-state index in [1.807, 2.05) is 0 Å². The van der Waals surface area contributed by atoms with E-state index >= 15 is 0 Å². The van der Waals surface area contributed by atoms with Crippen molar-refractivity contribution < 1.29 is 15.0 Å². The highest BCUT2D eigenvalue weighted by Crippen LogP contribution is 1.86. The molecule has 0 bridgehead atoms. The summed E-state index contributed by atoms with van der Waals surface area (Å²) in [6.07, 6.45) is 0.206. The Morgan fingerprint density at radius 3 is 2.36 bits per heavy atom. The van der Waals surface area contributed by atoms with Crippen LogP contribution in [0.25, 0.3) is 0 Å². The molecule has 0 unspecified atom stereocenters. The van der Waals surface area contributed by atoms with Crippen molar-refractivity contribution in [3.8, 4) is 0 Å². The number of alkyl halides is 1. The van der Waals surface area contributed by atoms with Gasteiger partial charge in [-0.05, 0) is 0 Å². The Hall–Kier alpha value is -0.320. The third kappa shape index (κ3) is 5.01. The van der Waals surface area contributed by atoms with Crippen LogP contribution in [0.3, 0.4) is 0 Å². The van der Waals surface area contributed by atoms with Crippen LogP contribution in [0.15, 0.2) is 0 Å². The number of amides is 1. The molecule has 0 aromatic heterocycles. The maximum absolute atomic E-state index is 10.8. The van der Waals surface area contributed by atoms with Gasteiger partial charge in [-0.2, -0.15) is 0 Å². The summed E-state index contributed by atoms with van der Waals surface area (Å²) in [5.74, 6) is -0.0109. The van der Waals surface area contributed by atoms with Crippen molar-refractivity contribution >= 4 is 17.5 Å². The van der Waals surface area contributed by atoms with E-state index in [-0.39, 0.29) is 31.4 Å². The smallest absolute Gasteiger partial charge is 0.221 e. The van der Waals surface area contributed by atoms with E-state index in [4.69, 9.17) is 21.8 Å². The number of hydrogen-bond donors (Lipinski definition) is 3. The number of rotatable bonds is 5. The van der Waals surface area contributed by atoms with Crippen molar-refractivity contribution in [2.24, 2.45) is 0 Å². The SMILES string of the molecule is O=C(CCCl)NC(CO)CO. The lowest BCUT2D eigenvalue weighted by molar-refractivity contribution is -0.122. The van der Waals surface area contributed by atoms with Gasteiger partial charge in [-0.15, -0.1) is 11.6 Å². The molecule has 0 heterocycles. The van der Waals surface area contributed by atoms with Crippen LogP contribution in [-0.2, 0) is 4.79 Å². The maximum atomic E-state index is 10.8. The van der Waals surface area contributed by atoms with Gasteiger partial charge in [0.15, 0.2) is 0 Å². The molecule has 0 aromatic carbocycles. The Bertz CT molecular complexity index is 116. The Kier molecular flexibility index (Phi) is 6.21. The Morgan fingerprint density at radius 2 is 2.00 bits per heavy atom. The molecule has 0 radical (unpaired) electrons. The zero-order valence-corrected chi connectivity index (χ0v) is 6.84. The monoisotopic (exact) mass is 181 g/mol. The quantitative estimate of drug-likeness (QED) is 0.481. The molecule has 66 valence electrons. The van der Waals surface area contributed by atoms with Crippen LogP contribution in [0.5, 0.6) is 0 Å². The number of aliphatic hydroxyl groups excluding tert-OH is 2. The zero-order valence-electron chi connectivity index (χ0n) is 6.09. The molecule has 0 saturated carbocycles. The molecule has 0 rings (SSSR count). The van der Waals surface area contributed by atoms with E-state index in [1.54, 1.807) is 0 Å². The molecule has 3 N–H and O–H groups in total. The van der Waals surface area contributed by atoms with Crippen molar-refractivity contribution in [2.75, 3.05) is 19.1 Å². The molecule has 0 fully saturated rings. The van der Waals surface area contributed by atoms with Crippen molar-refractivity contribution in [3.63, 3.8) is 0 Å². The second kappa shape index (κ2) is 6.39. The van der Waals surface area contributed by atoms with Gasteiger partial charge in [0.25, 0.3) is 0 Å². The number of hydrogen-bond acceptors (Lipinski definition) is 3. The summed E-state index contributed by atoms with van der Waals surface area (Å²) in [4.78, 5) is 10.8. The predicted molar refractivity (Wildman–Crippen MR) is 41.4 cm³/mol. The fourth-order valence-corrected chi connectivity index (χ4v) is 0.706. The molecule has 11 heavy (non-hydrogen) atoms. The highest BCUT2D eigenvalue weighted by atomic mass is 35.5.